The van der Waals surface area contributed by atoms with Crippen molar-refractivity contribution in [3.8, 4) is 5.75 Å². The molecule has 2 aromatic carbocycles. The largest absolute Gasteiger partial charge is 0.422 e. The number of sulfonamides is 1. The number of fused-ring (bicyclic) bond motifs is 1. The lowest BCUT2D eigenvalue weighted by Crippen LogP contribution is -2.43. The predicted molar refractivity (Wildman–Crippen MR) is 142 cm³/mol. The van der Waals surface area contributed by atoms with Crippen LogP contribution >= 0.6 is 11.6 Å². The molecule has 1 N–H and O–H groups in total. The molecule has 2 heterocycles. The van der Waals surface area contributed by atoms with Crippen molar-refractivity contribution in [1.29, 1.82) is 0 Å². The highest BCUT2D eigenvalue weighted by Gasteiger charge is 2.26. The van der Waals surface area contributed by atoms with Crippen molar-refractivity contribution in [3.05, 3.63) is 68.3 Å². The van der Waals surface area contributed by atoms with Gasteiger partial charge in [0.1, 0.15) is 16.3 Å². The quantitative estimate of drug-likeness (QED) is 0.451. The van der Waals surface area contributed by atoms with Gasteiger partial charge in [0.15, 0.2) is 5.75 Å². The smallest absolute Gasteiger partial charge is 0.414 e. The van der Waals surface area contributed by atoms with E-state index >= 15 is 0 Å². The van der Waals surface area contributed by atoms with Crippen LogP contribution in [0, 0.1) is 12.7 Å². The van der Waals surface area contributed by atoms with Gasteiger partial charge in [0, 0.05) is 43.6 Å². The minimum atomic E-state index is -4.11. The number of ether oxygens (including phenoxy) is 1. The van der Waals surface area contributed by atoms with Gasteiger partial charge in [0.2, 0.25) is 10.0 Å². The molecular formula is C26H29ClFN3O6S. The van der Waals surface area contributed by atoms with Gasteiger partial charge in [0.25, 0.3) is 0 Å². The second-order valence-electron chi connectivity index (χ2n) is 9.67. The van der Waals surface area contributed by atoms with E-state index in [0.717, 1.165) is 19.2 Å². The number of carbonyl (C=O) groups excluding carboxylic acids is 1. The number of amides is 1. The van der Waals surface area contributed by atoms with Crippen LogP contribution in [0.25, 0.3) is 11.0 Å². The Kier molecular flexibility index (Phi) is 8.12. The number of aryl methyl sites for hydroxylation is 1. The summed E-state index contributed by atoms with van der Waals surface area (Å²) >= 11 is 6.32. The molecule has 1 saturated heterocycles. The second-order valence-corrected chi connectivity index (χ2v) is 11.8. The van der Waals surface area contributed by atoms with Crippen molar-refractivity contribution < 1.29 is 26.8 Å². The van der Waals surface area contributed by atoms with Crippen LogP contribution in [0.1, 0.15) is 29.5 Å². The predicted octanol–water partition coefficient (Wildman–Crippen LogP) is 3.92. The third-order valence-corrected chi connectivity index (χ3v) is 8.44. The molecule has 1 fully saturated rings. The van der Waals surface area contributed by atoms with Crippen LogP contribution in [0.5, 0.6) is 5.75 Å². The summed E-state index contributed by atoms with van der Waals surface area (Å²) in [6, 6.07) is 6.38. The summed E-state index contributed by atoms with van der Waals surface area (Å²) in [5.41, 5.74) is 0.770. The molecule has 1 amide bonds. The fourth-order valence-electron chi connectivity index (χ4n) is 4.33. The maximum absolute atomic E-state index is 14.6. The van der Waals surface area contributed by atoms with Gasteiger partial charge in [-0.2, -0.15) is 0 Å². The van der Waals surface area contributed by atoms with Crippen molar-refractivity contribution >= 4 is 38.7 Å². The van der Waals surface area contributed by atoms with Crippen LogP contribution in [0.4, 0.5) is 9.18 Å². The minimum Gasteiger partial charge on any atom is -0.422 e. The van der Waals surface area contributed by atoms with E-state index in [4.69, 9.17) is 20.8 Å². The van der Waals surface area contributed by atoms with E-state index in [0.29, 0.717) is 29.4 Å². The Morgan fingerprint density at radius 2 is 1.92 bits per heavy atom. The fourth-order valence-corrected chi connectivity index (χ4v) is 5.97. The lowest BCUT2D eigenvalue weighted by molar-refractivity contribution is 0.172. The summed E-state index contributed by atoms with van der Waals surface area (Å²) in [5.74, 6) is -0.832. The van der Waals surface area contributed by atoms with Gasteiger partial charge in [0.05, 0.1) is 5.02 Å². The monoisotopic (exact) mass is 565 g/mol. The first-order valence-electron chi connectivity index (χ1n) is 12.0. The molecule has 1 aliphatic rings. The molecule has 9 nitrogen and oxygen atoms in total. The first kappa shape index (κ1) is 28.0. The molecular weight excluding hydrogens is 537 g/mol. The van der Waals surface area contributed by atoms with Gasteiger partial charge in [-0.25, -0.2) is 27.1 Å². The third kappa shape index (κ3) is 6.01. The lowest BCUT2D eigenvalue weighted by atomic mass is 9.99. The molecule has 0 radical (unpaired) electrons. The zero-order valence-corrected chi connectivity index (χ0v) is 23.1. The molecule has 1 aliphatic heterocycles. The number of nitrogens with zero attached hydrogens (tertiary/aromatic N) is 2. The van der Waals surface area contributed by atoms with E-state index in [1.165, 1.54) is 43.3 Å². The zero-order valence-electron chi connectivity index (χ0n) is 21.5. The number of benzene rings is 2. The summed E-state index contributed by atoms with van der Waals surface area (Å²) in [6.45, 7) is 3.20. The first-order valence-corrected chi connectivity index (χ1v) is 13.9. The highest BCUT2D eigenvalue weighted by Crippen LogP contribution is 2.33. The standard InChI is InChI=1S/C26H29ClFN3O6S/c1-15-18-13-20(27)23(37-26(33)30(2)3)14-22(18)36-25(32)19(15)11-16-5-6-21(28)24(12-16)38(34,35)29-17-7-9-31(4)10-8-17/h5-6,12-14,17,29H,7-11H2,1-4H3. The van der Waals surface area contributed by atoms with Crippen LogP contribution in [-0.2, 0) is 16.4 Å². The number of piperidine rings is 1. The topological polar surface area (TPSA) is 109 Å². The first-order chi connectivity index (χ1) is 17.9. The summed E-state index contributed by atoms with van der Waals surface area (Å²) in [5, 5.41) is 0.666. The number of carbonyl (C=O) groups is 1. The SMILES string of the molecule is Cc1c(Cc2ccc(F)c(S(=O)(=O)NC3CCN(C)CC3)c2)c(=O)oc2cc(OC(=O)N(C)C)c(Cl)cc12. The van der Waals surface area contributed by atoms with E-state index in [1.807, 2.05) is 7.05 Å². The Morgan fingerprint density at radius 3 is 2.58 bits per heavy atom. The van der Waals surface area contributed by atoms with E-state index in [2.05, 4.69) is 9.62 Å². The number of nitrogens with one attached hydrogen (secondary N) is 1. The molecule has 0 saturated carbocycles. The van der Waals surface area contributed by atoms with E-state index < -0.39 is 32.5 Å². The number of likely N-dealkylation sites (tertiary alicyclic amines) is 1. The van der Waals surface area contributed by atoms with Crippen LogP contribution in [0.3, 0.4) is 0 Å². The lowest BCUT2D eigenvalue weighted by Gasteiger charge is -2.29. The van der Waals surface area contributed by atoms with E-state index in [-0.39, 0.29) is 34.4 Å². The highest BCUT2D eigenvalue weighted by molar-refractivity contribution is 7.89. The van der Waals surface area contributed by atoms with Crippen LogP contribution in [0.15, 0.2) is 44.4 Å². The summed E-state index contributed by atoms with van der Waals surface area (Å²) in [7, 11) is 0.890. The molecule has 38 heavy (non-hydrogen) atoms. The van der Waals surface area contributed by atoms with Crippen LogP contribution in [-0.4, -0.2) is 64.6 Å². The number of hydrogen-bond acceptors (Lipinski definition) is 7. The van der Waals surface area contributed by atoms with Gasteiger partial charge < -0.3 is 19.0 Å². The molecule has 12 heteroatoms. The van der Waals surface area contributed by atoms with Crippen molar-refractivity contribution in [2.45, 2.75) is 37.1 Å². The molecule has 4 rings (SSSR count). The van der Waals surface area contributed by atoms with Gasteiger partial charge in [-0.3, -0.25) is 0 Å². The van der Waals surface area contributed by atoms with Gasteiger partial charge in [-0.05, 0) is 69.2 Å². The molecule has 0 aliphatic carbocycles. The minimum absolute atomic E-state index is 0.0100. The Bertz CT molecular complexity index is 1550. The van der Waals surface area contributed by atoms with Crippen molar-refractivity contribution in [3.63, 3.8) is 0 Å². The van der Waals surface area contributed by atoms with Gasteiger partial charge >= 0.3 is 11.7 Å². The number of hydrogen-bond donors (Lipinski definition) is 1. The Labute approximate surface area is 225 Å². The van der Waals surface area contributed by atoms with Crippen molar-refractivity contribution in [2.24, 2.45) is 0 Å². The highest BCUT2D eigenvalue weighted by atomic mass is 35.5. The third-order valence-electron chi connectivity index (χ3n) is 6.61. The molecule has 0 atom stereocenters. The maximum atomic E-state index is 14.6. The normalized spacial score (nSPS) is 15.1. The molecule has 0 unspecified atom stereocenters. The molecule has 1 aromatic heterocycles. The van der Waals surface area contributed by atoms with Gasteiger partial charge in [-0.15, -0.1) is 0 Å². The van der Waals surface area contributed by atoms with Crippen molar-refractivity contribution in [2.75, 3.05) is 34.2 Å². The zero-order chi connectivity index (χ0) is 27.8. The fraction of sp³-hybridized carbons (Fsp3) is 0.385. The molecule has 0 bridgehead atoms. The summed E-state index contributed by atoms with van der Waals surface area (Å²) < 4.78 is 54.0. The van der Waals surface area contributed by atoms with E-state index in [9.17, 15) is 22.4 Å². The molecule has 204 valence electrons. The van der Waals surface area contributed by atoms with Crippen LogP contribution in [0.2, 0.25) is 5.02 Å². The Hall–Kier alpha value is -2.99. The Balaban J connectivity index is 1.64. The number of halogens is 2. The van der Waals surface area contributed by atoms with Gasteiger partial charge in [-0.1, -0.05) is 17.7 Å². The molecule has 0 spiro atoms. The number of rotatable bonds is 6. The second kappa shape index (κ2) is 11.0. The average molecular weight is 566 g/mol. The molecule has 3 aromatic rings. The Morgan fingerprint density at radius 1 is 1.24 bits per heavy atom. The van der Waals surface area contributed by atoms with Crippen molar-refractivity contribution in [1.82, 2.24) is 14.5 Å². The van der Waals surface area contributed by atoms with Crippen LogP contribution < -0.4 is 15.1 Å². The average Bonchev–Trinajstić information content (AvgIpc) is 2.85. The summed E-state index contributed by atoms with van der Waals surface area (Å²) in [6.07, 6.45) is 0.630. The summed E-state index contributed by atoms with van der Waals surface area (Å²) in [4.78, 5) is 27.7. The maximum Gasteiger partial charge on any atom is 0.414 e. The van der Waals surface area contributed by atoms with E-state index in [1.54, 1.807) is 6.92 Å².